The van der Waals surface area contributed by atoms with Crippen LogP contribution in [0.5, 0.6) is 0 Å². The molecule has 4 nitrogen and oxygen atoms in total. The molecule has 1 aliphatic rings. The molecule has 1 aromatic heterocycles. The van der Waals surface area contributed by atoms with Gasteiger partial charge in [0.15, 0.2) is 0 Å². The van der Waals surface area contributed by atoms with Gasteiger partial charge in [-0.1, -0.05) is 12.2 Å². The minimum Gasteiger partial charge on any atom is -0.370 e. The van der Waals surface area contributed by atoms with E-state index in [1.165, 1.54) is 17.5 Å². The van der Waals surface area contributed by atoms with Gasteiger partial charge in [0.05, 0.1) is 18.4 Å². The Morgan fingerprint density at radius 1 is 1.35 bits per heavy atom. The Bertz CT molecular complexity index is 449. The Hall–Kier alpha value is -1.23. The first-order valence-electron chi connectivity index (χ1n) is 5.89. The van der Waals surface area contributed by atoms with Crippen LogP contribution in [0, 0.1) is 0 Å². The summed E-state index contributed by atoms with van der Waals surface area (Å²) in [5.41, 5.74) is 0.903. The maximum absolute atomic E-state index is 11.8. The quantitative estimate of drug-likeness (QED) is 0.648. The van der Waals surface area contributed by atoms with Crippen molar-refractivity contribution in [3.8, 4) is 0 Å². The van der Waals surface area contributed by atoms with Crippen LogP contribution in [0.3, 0.4) is 0 Å². The van der Waals surface area contributed by atoms with E-state index in [-0.39, 0.29) is 5.56 Å². The minimum absolute atomic E-state index is 0.0433. The minimum atomic E-state index is -0.0433. The van der Waals surface area contributed by atoms with Crippen molar-refractivity contribution in [3.05, 3.63) is 34.8 Å². The molecule has 1 fully saturated rings. The molecule has 0 saturated carbocycles. The van der Waals surface area contributed by atoms with Crippen LogP contribution >= 0.6 is 12.6 Å². The molecule has 1 aliphatic heterocycles. The lowest BCUT2D eigenvalue weighted by atomic mass is 10.4. The molecule has 0 N–H and O–H groups in total. The predicted octanol–water partition coefficient (Wildman–Crippen LogP) is 1.33. The second-order valence-electron chi connectivity index (χ2n) is 4.08. The second-order valence-corrected chi connectivity index (χ2v) is 4.45. The summed E-state index contributed by atoms with van der Waals surface area (Å²) < 4.78 is 1.46. The van der Waals surface area contributed by atoms with Gasteiger partial charge in [0.2, 0.25) is 0 Å². The lowest BCUT2D eigenvalue weighted by Gasteiger charge is -2.16. The molecule has 0 aliphatic carbocycles. The monoisotopic (exact) mass is 251 g/mol. The van der Waals surface area contributed by atoms with Crippen LogP contribution in [-0.4, -0.2) is 28.6 Å². The highest BCUT2D eigenvalue weighted by Gasteiger charge is 2.13. The molecule has 1 aromatic rings. The summed E-state index contributed by atoms with van der Waals surface area (Å²) in [5.74, 6) is 0.681. The fraction of sp³-hybridized carbons (Fsp3) is 0.500. The highest BCUT2D eigenvalue weighted by atomic mass is 32.1. The molecule has 17 heavy (non-hydrogen) atoms. The first-order chi connectivity index (χ1) is 8.31. The predicted molar refractivity (Wildman–Crippen MR) is 72.9 cm³/mol. The Balaban J connectivity index is 2.11. The van der Waals surface area contributed by atoms with Crippen LogP contribution in [0.1, 0.15) is 12.8 Å². The van der Waals surface area contributed by atoms with Gasteiger partial charge < -0.3 is 4.90 Å². The van der Waals surface area contributed by atoms with E-state index in [2.05, 4.69) is 22.6 Å². The molecule has 0 spiro atoms. The summed E-state index contributed by atoms with van der Waals surface area (Å²) in [6, 6.07) is 1.67. The average molecular weight is 251 g/mol. The topological polar surface area (TPSA) is 38.1 Å². The first-order valence-corrected chi connectivity index (χ1v) is 6.52. The van der Waals surface area contributed by atoms with Gasteiger partial charge >= 0.3 is 0 Å². The van der Waals surface area contributed by atoms with Crippen LogP contribution < -0.4 is 10.5 Å². The lowest BCUT2D eigenvalue weighted by molar-refractivity contribution is 0.649. The lowest BCUT2D eigenvalue weighted by Crippen LogP contribution is -2.25. The fourth-order valence-electron chi connectivity index (χ4n) is 1.96. The van der Waals surface area contributed by atoms with Gasteiger partial charge in [-0.25, -0.2) is 4.68 Å². The molecule has 0 unspecified atom stereocenters. The molecule has 0 atom stereocenters. The number of rotatable bonds is 4. The number of nitrogens with zero attached hydrogens (tertiary/aromatic N) is 3. The van der Waals surface area contributed by atoms with Gasteiger partial charge in [-0.3, -0.25) is 4.79 Å². The number of aromatic nitrogens is 2. The van der Waals surface area contributed by atoms with Gasteiger partial charge in [-0.2, -0.15) is 17.7 Å². The summed E-state index contributed by atoms with van der Waals surface area (Å²) in [4.78, 5) is 14.0. The zero-order valence-corrected chi connectivity index (χ0v) is 10.6. The van der Waals surface area contributed by atoms with E-state index in [1.807, 2.05) is 12.2 Å². The summed E-state index contributed by atoms with van der Waals surface area (Å²) in [5, 5.41) is 4.18. The van der Waals surface area contributed by atoms with E-state index >= 15 is 0 Å². The highest BCUT2D eigenvalue weighted by Crippen LogP contribution is 2.16. The largest absolute Gasteiger partial charge is 0.370 e. The van der Waals surface area contributed by atoms with E-state index < -0.39 is 0 Å². The van der Waals surface area contributed by atoms with E-state index in [0.29, 0.717) is 12.3 Å². The Morgan fingerprint density at radius 3 is 2.76 bits per heavy atom. The van der Waals surface area contributed by atoms with Crippen LogP contribution in [0.4, 0.5) is 5.69 Å². The van der Waals surface area contributed by atoms with E-state index in [1.54, 1.807) is 12.3 Å². The summed E-state index contributed by atoms with van der Waals surface area (Å²) in [6.07, 6.45) is 7.99. The zero-order chi connectivity index (χ0) is 12.1. The van der Waals surface area contributed by atoms with Crippen molar-refractivity contribution in [2.75, 3.05) is 23.7 Å². The zero-order valence-electron chi connectivity index (χ0n) is 9.75. The molecule has 0 radical (unpaired) electrons. The maximum Gasteiger partial charge on any atom is 0.269 e. The van der Waals surface area contributed by atoms with Gasteiger partial charge in [-0.15, -0.1) is 0 Å². The molecule has 1 saturated heterocycles. The van der Waals surface area contributed by atoms with E-state index in [0.717, 1.165) is 18.8 Å². The number of anilines is 1. The van der Waals surface area contributed by atoms with Crippen molar-refractivity contribution in [1.29, 1.82) is 0 Å². The Labute approximate surface area is 106 Å². The molecule has 2 rings (SSSR count). The molecule has 0 aromatic carbocycles. The Morgan fingerprint density at radius 2 is 2.12 bits per heavy atom. The molecule has 5 heteroatoms. The van der Waals surface area contributed by atoms with Gasteiger partial charge in [0.1, 0.15) is 0 Å². The van der Waals surface area contributed by atoms with Crippen molar-refractivity contribution in [1.82, 2.24) is 9.78 Å². The normalized spacial score (nSPS) is 15.9. The molecular formula is C12H17N3OS. The maximum atomic E-state index is 11.8. The first kappa shape index (κ1) is 12.2. The van der Waals surface area contributed by atoms with Crippen LogP contribution in [0.2, 0.25) is 0 Å². The van der Waals surface area contributed by atoms with E-state index in [4.69, 9.17) is 0 Å². The number of allylic oxidation sites excluding steroid dienone is 1. The number of hydrogen-bond donors (Lipinski definition) is 1. The standard InChI is InChI=1S/C12H17N3OS/c16-12-9-11(14-5-1-2-6-14)10-13-15(12)7-3-4-8-17/h3-4,9-10,17H,1-2,5-8H2/b4-3+. The molecular weight excluding hydrogens is 234 g/mol. The average Bonchev–Trinajstić information content (AvgIpc) is 2.85. The van der Waals surface area contributed by atoms with Crippen LogP contribution in [-0.2, 0) is 6.54 Å². The van der Waals surface area contributed by atoms with Gasteiger partial charge in [-0.05, 0) is 12.8 Å². The number of thiol groups is 1. The van der Waals surface area contributed by atoms with Gasteiger partial charge in [0.25, 0.3) is 5.56 Å². The summed E-state index contributed by atoms with van der Waals surface area (Å²) >= 11 is 4.07. The second kappa shape index (κ2) is 5.91. The summed E-state index contributed by atoms with van der Waals surface area (Å²) in [7, 11) is 0. The fourth-order valence-corrected chi connectivity index (χ4v) is 2.11. The molecule has 92 valence electrons. The third kappa shape index (κ3) is 3.12. The molecule has 0 amide bonds. The van der Waals surface area contributed by atoms with Crippen LogP contribution in [0.15, 0.2) is 29.2 Å². The van der Waals surface area contributed by atoms with Crippen LogP contribution in [0.25, 0.3) is 0 Å². The Kier molecular flexibility index (Phi) is 4.25. The smallest absolute Gasteiger partial charge is 0.269 e. The molecule has 0 bridgehead atoms. The third-order valence-electron chi connectivity index (χ3n) is 2.88. The van der Waals surface area contributed by atoms with Crippen molar-refractivity contribution in [3.63, 3.8) is 0 Å². The summed E-state index contributed by atoms with van der Waals surface area (Å²) in [6.45, 7) is 2.58. The van der Waals surface area contributed by atoms with E-state index in [9.17, 15) is 4.79 Å². The van der Waals surface area contributed by atoms with Crippen molar-refractivity contribution in [2.45, 2.75) is 19.4 Å². The molecule has 2 heterocycles. The van der Waals surface area contributed by atoms with Crippen molar-refractivity contribution < 1.29 is 0 Å². The number of hydrogen-bond acceptors (Lipinski definition) is 4. The van der Waals surface area contributed by atoms with Gasteiger partial charge in [0, 0.05) is 24.9 Å². The SMILES string of the molecule is O=c1cc(N2CCCC2)cnn1C/C=C/CS. The highest BCUT2D eigenvalue weighted by molar-refractivity contribution is 7.80. The van der Waals surface area contributed by atoms with Crippen molar-refractivity contribution >= 4 is 18.3 Å². The van der Waals surface area contributed by atoms with Crippen molar-refractivity contribution in [2.24, 2.45) is 0 Å². The third-order valence-corrected chi connectivity index (χ3v) is 3.09.